The Bertz CT molecular complexity index is 638. The van der Waals surface area contributed by atoms with Gasteiger partial charge in [-0.3, -0.25) is 0 Å². The first kappa shape index (κ1) is 12.7. The van der Waals surface area contributed by atoms with Crippen LogP contribution in [0.3, 0.4) is 0 Å². The Labute approximate surface area is 118 Å². The third kappa shape index (κ3) is 2.39. The van der Waals surface area contributed by atoms with Gasteiger partial charge in [-0.1, -0.05) is 12.1 Å². The summed E-state index contributed by atoms with van der Waals surface area (Å²) in [6, 6.07) is 7.74. The zero-order valence-corrected chi connectivity index (χ0v) is 11.7. The average Bonchev–Trinajstić information content (AvgIpc) is 3.28. The molecule has 5 heteroatoms. The van der Waals surface area contributed by atoms with E-state index in [1.165, 1.54) is 0 Å². The molecule has 0 saturated heterocycles. The van der Waals surface area contributed by atoms with E-state index in [0.717, 1.165) is 41.5 Å². The van der Waals surface area contributed by atoms with Gasteiger partial charge < -0.3 is 15.8 Å². The Morgan fingerprint density at radius 2 is 2.00 bits per heavy atom. The molecule has 1 saturated carbocycles. The summed E-state index contributed by atoms with van der Waals surface area (Å²) < 4.78 is 5.34. The van der Waals surface area contributed by atoms with E-state index in [1.807, 2.05) is 31.2 Å². The number of nitrogens with two attached hydrogens (primary N) is 1. The molecule has 5 nitrogen and oxygen atoms in total. The van der Waals surface area contributed by atoms with Crippen LogP contribution in [0, 0.1) is 6.92 Å². The minimum Gasteiger partial charge on any atom is -0.495 e. The second-order valence-electron chi connectivity index (χ2n) is 5.04. The smallest absolute Gasteiger partial charge is 0.142 e. The fourth-order valence-electron chi connectivity index (χ4n) is 2.07. The number of nitrogens with one attached hydrogen (secondary N) is 1. The average molecular weight is 270 g/mol. The monoisotopic (exact) mass is 270 g/mol. The van der Waals surface area contributed by atoms with Gasteiger partial charge in [0, 0.05) is 11.5 Å². The second kappa shape index (κ2) is 5.00. The van der Waals surface area contributed by atoms with Crippen LogP contribution in [-0.4, -0.2) is 17.1 Å². The fourth-order valence-corrected chi connectivity index (χ4v) is 2.07. The first-order chi connectivity index (χ1) is 9.69. The van der Waals surface area contributed by atoms with Crippen LogP contribution in [0.1, 0.15) is 30.1 Å². The number of hydrogen-bond acceptors (Lipinski definition) is 5. The first-order valence-electron chi connectivity index (χ1n) is 6.73. The lowest BCUT2D eigenvalue weighted by Gasteiger charge is -2.14. The predicted molar refractivity (Wildman–Crippen MR) is 79.4 cm³/mol. The molecule has 0 unspecified atom stereocenters. The minimum atomic E-state index is 0.469. The maximum absolute atomic E-state index is 5.99. The summed E-state index contributed by atoms with van der Waals surface area (Å²) in [5.41, 5.74) is 7.72. The van der Waals surface area contributed by atoms with Crippen molar-refractivity contribution >= 4 is 17.3 Å². The number of methoxy groups -OCH3 is 1. The van der Waals surface area contributed by atoms with Crippen molar-refractivity contribution in [2.75, 3.05) is 18.2 Å². The largest absolute Gasteiger partial charge is 0.495 e. The van der Waals surface area contributed by atoms with Crippen molar-refractivity contribution in [3.63, 3.8) is 0 Å². The van der Waals surface area contributed by atoms with Crippen LogP contribution in [0.5, 0.6) is 5.75 Å². The lowest BCUT2D eigenvalue weighted by Crippen LogP contribution is -2.07. The summed E-state index contributed by atoms with van der Waals surface area (Å²) in [5.74, 6) is 3.38. The van der Waals surface area contributed by atoms with E-state index in [1.54, 1.807) is 7.11 Å². The SMILES string of the molecule is COc1ccccc1Nc1nc(C2CC2)nc(N)c1C. The summed E-state index contributed by atoms with van der Waals surface area (Å²) in [7, 11) is 1.65. The van der Waals surface area contributed by atoms with E-state index in [4.69, 9.17) is 10.5 Å². The summed E-state index contributed by atoms with van der Waals surface area (Å²) in [6.07, 6.45) is 2.30. The lowest BCUT2D eigenvalue weighted by atomic mass is 10.2. The quantitative estimate of drug-likeness (QED) is 0.893. The van der Waals surface area contributed by atoms with E-state index in [9.17, 15) is 0 Å². The number of para-hydroxylation sites is 2. The van der Waals surface area contributed by atoms with Crippen LogP contribution >= 0.6 is 0 Å². The number of nitrogens with zero attached hydrogens (tertiary/aromatic N) is 2. The van der Waals surface area contributed by atoms with E-state index in [2.05, 4.69) is 15.3 Å². The van der Waals surface area contributed by atoms with Gasteiger partial charge in [0.2, 0.25) is 0 Å². The van der Waals surface area contributed by atoms with Crippen molar-refractivity contribution in [1.82, 2.24) is 9.97 Å². The van der Waals surface area contributed by atoms with E-state index in [-0.39, 0.29) is 0 Å². The topological polar surface area (TPSA) is 73.1 Å². The third-order valence-corrected chi connectivity index (χ3v) is 3.50. The van der Waals surface area contributed by atoms with Crippen LogP contribution in [-0.2, 0) is 0 Å². The van der Waals surface area contributed by atoms with Crippen molar-refractivity contribution < 1.29 is 4.74 Å². The van der Waals surface area contributed by atoms with E-state index in [0.29, 0.717) is 11.7 Å². The maximum atomic E-state index is 5.99. The summed E-state index contributed by atoms with van der Waals surface area (Å²) >= 11 is 0. The number of nitrogen functional groups attached to an aromatic ring is 1. The molecule has 2 aromatic rings. The van der Waals surface area contributed by atoms with E-state index < -0.39 is 0 Å². The first-order valence-corrected chi connectivity index (χ1v) is 6.73. The van der Waals surface area contributed by atoms with Gasteiger partial charge >= 0.3 is 0 Å². The van der Waals surface area contributed by atoms with Gasteiger partial charge in [-0.05, 0) is 31.9 Å². The van der Waals surface area contributed by atoms with Gasteiger partial charge in [-0.2, -0.15) is 0 Å². The molecule has 0 aliphatic heterocycles. The lowest BCUT2D eigenvalue weighted by molar-refractivity contribution is 0.417. The van der Waals surface area contributed by atoms with Crippen LogP contribution in [0.15, 0.2) is 24.3 Å². The zero-order chi connectivity index (χ0) is 14.1. The molecule has 1 aromatic heterocycles. The Balaban J connectivity index is 1.97. The van der Waals surface area contributed by atoms with Crippen molar-refractivity contribution in [3.05, 3.63) is 35.7 Å². The summed E-state index contributed by atoms with van der Waals surface area (Å²) in [4.78, 5) is 8.98. The molecule has 0 atom stereocenters. The molecule has 1 aromatic carbocycles. The molecular formula is C15H18N4O. The number of hydrogen-bond donors (Lipinski definition) is 2. The standard InChI is InChI=1S/C15H18N4O/c1-9-13(16)18-15(10-7-8-10)19-14(9)17-11-5-3-4-6-12(11)20-2/h3-6,10H,7-8H2,1-2H3,(H3,16,17,18,19). The summed E-state index contributed by atoms with van der Waals surface area (Å²) in [5, 5.41) is 3.30. The highest BCUT2D eigenvalue weighted by Crippen LogP contribution is 2.39. The molecule has 104 valence electrons. The molecule has 0 amide bonds. The second-order valence-corrected chi connectivity index (χ2v) is 5.04. The number of benzene rings is 1. The highest BCUT2D eigenvalue weighted by Gasteiger charge is 2.28. The van der Waals surface area contributed by atoms with Gasteiger partial charge in [0.05, 0.1) is 12.8 Å². The molecule has 3 N–H and O–H groups in total. The number of aromatic nitrogens is 2. The molecule has 1 heterocycles. The number of anilines is 3. The Morgan fingerprint density at radius 1 is 1.25 bits per heavy atom. The number of rotatable bonds is 4. The van der Waals surface area contributed by atoms with Crippen LogP contribution < -0.4 is 15.8 Å². The van der Waals surface area contributed by atoms with Crippen molar-refractivity contribution in [2.24, 2.45) is 0 Å². The van der Waals surface area contributed by atoms with Crippen LogP contribution in [0.2, 0.25) is 0 Å². The highest BCUT2D eigenvalue weighted by molar-refractivity contribution is 5.68. The Kier molecular flexibility index (Phi) is 3.18. The molecular weight excluding hydrogens is 252 g/mol. The van der Waals surface area contributed by atoms with Gasteiger partial charge in [-0.15, -0.1) is 0 Å². The van der Waals surface area contributed by atoms with Crippen molar-refractivity contribution in [3.8, 4) is 5.75 Å². The van der Waals surface area contributed by atoms with Gasteiger partial charge in [0.15, 0.2) is 0 Å². The number of ether oxygens (including phenoxy) is 1. The van der Waals surface area contributed by atoms with Crippen LogP contribution in [0.4, 0.5) is 17.3 Å². The molecule has 0 radical (unpaired) electrons. The zero-order valence-electron chi connectivity index (χ0n) is 11.7. The molecule has 3 rings (SSSR count). The minimum absolute atomic E-state index is 0.469. The molecule has 1 aliphatic rings. The van der Waals surface area contributed by atoms with Gasteiger partial charge in [-0.25, -0.2) is 9.97 Å². The Morgan fingerprint density at radius 3 is 2.70 bits per heavy atom. The predicted octanol–water partition coefficient (Wildman–Crippen LogP) is 3.00. The van der Waals surface area contributed by atoms with Crippen molar-refractivity contribution in [1.29, 1.82) is 0 Å². The third-order valence-electron chi connectivity index (χ3n) is 3.50. The molecule has 1 aliphatic carbocycles. The fraction of sp³-hybridized carbons (Fsp3) is 0.333. The normalized spacial score (nSPS) is 14.1. The van der Waals surface area contributed by atoms with Gasteiger partial charge in [0.25, 0.3) is 0 Å². The molecule has 0 spiro atoms. The Hall–Kier alpha value is -2.30. The molecule has 1 fully saturated rings. The van der Waals surface area contributed by atoms with Crippen molar-refractivity contribution in [2.45, 2.75) is 25.7 Å². The van der Waals surface area contributed by atoms with Crippen LogP contribution in [0.25, 0.3) is 0 Å². The maximum Gasteiger partial charge on any atom is 0.142 e. The molecule has 20 heavy (non-hydrogen) atoms. The highest BCUT2D eigenvalue weighted by atomic mass is 16.5. The summed E-state index contributed by atoms with van der Waals surface area (Å²) in [6.45, 7) is 1.92. The molecule has 0 bridgehead atoms. The van der Waals surface area contributed by atoms with E-state index >= 15 is 0 Å². The van der Waals surface area contributed by atoms with Gasteiger partial charge in [0.1, 0.15) is 23.2 Å².